The summed E-state index contributed by atoms with van der Waals surface area (Å²) in [7, 11) is 0. The van der Waals surface area contributed by atoms with Gasteiger partial charge in [0, 0.05) is 23.9 Å². The van der Waals surface area contributed by atoms with Gasteiger partial charge in [0.05, 0.1) is 11.9 Å². The largest absolute Gasteiger partial charge is 0.313 e. The molecule has 0 aliphatic rings. The van der Waals surface area contributed by atoms with Crippen molar-refractivity contribution in [3.63, 3.8) is 0 Å². The second kappa shape index (κ2) is 4.77. The van der Waals surface area contributed by atoms with Crippen LogP contribution >= 0.6 is 46.7 Å². The van der Waals surface area contributed by atoms with Crippen LogP contribution in [0.15, 0.2) is 0 Å². The summed E-state index contributed by atoms with van der Waals surface area (Å²) in [6.07, 6.45) is 0. The normalized spacial score (nSPS) is 10.3. The van der Waals surface area contributed by atoms with Gasteiger partial charge in [0.1, 0.15) is 0 Å². The Labute approximate surface area is 78.3 Å². The first-order valence-corrected chi connectivity index (χ1v) is 2.37. The minimum absolute atomic E-state index is 0. The first kappa shape index (κ1) is 11.7. The topological polar surface area (TPSA) is 9.23 Å². The van der Waals surface area contributed by atoms with Gasteiger partial charge in [-0.2, -0.15) is 0 Å². The molecule has 0 saturated carbocycles. The molecular formula is CCl4OSn. The fourth-order valence-electron chi connectivity index (χ4n) is 0. The van der Waals surface area contributed by atoms with Crippen molar-refractivity contribution < 1.29 is 4.29 Å². The number of halogens is 4. The molecule has 7 heavy (non-hydrogen) atoms. The van der Waals surface area contributed by atoms with Gasteiger partial charge in [-0.3, -0.25) is 0 Å². The van der Waals surface area contributed by atoms with E-state index in [-0.39, 0.29) is 23.9 Å². The minimum atomic E-state index is -1.78. The fourth-order valence-corrected chi connectivity index (χ4v) is 0. The summed E-state index contributed by atoms with van der Waals surface area (Å²) in [6, 6.07) is 0. The summed E-state index contributed by atoms with van der Waals surface area (Å²) in [5.41, 5.74) is 0. The van der Waals surface area contributed by atoms with E-state index in [0.29, 0.717) is 0 Å². The maximum absolute atomic E-state index is 4.89. The van der Waals surface area contributed by atoms with Crippen LogP contribution in [0.2, 0.25) is 0 Å². The Bertz CT molecular complexity index is 41.4. The van der Waals surface area contributed by atoms with Crippen molar-refractivity contribution in [2.24, 2.45) is 0 Å². The van der Waals surface area contributed by atoms with Gasteiger partial charge < -0.3 is 0 Å². The summed E-state index contributed by atoms with van der Waals surface area (Å²) in [5, 5.41) is 0. The summed E-state index contributed by atoms with van der Waals surface area (Å²) in [4.78, 5) is 0. The molecule has 0 aromatic heterocycles. The van der Waals surface area contributed by atoms with Gasteiger partial charge in [-0.1, -0.05) is 34.8 Å². The van der Waals surface area contributed by atoms with Gasteiger partial charge in [-0.25, -0.2) is 4.29 Å². The van der Waals surface area contributed by atoms with Crippen LogP contribution in [0.4, 0.5) is 0 Å². The molecule has 0 unspecified atom stereocenters. The second-order valence-electron chi connectivity index (χ2n) is 0.523. The molecule has 0 saturated heterocycles. The molecule has 0 fully saturated rings. The van der Waals surface area contributed by atoms with Crippen molar-refractivity contribution in [2.45, 2.75) is 3.98 Å². The monoisotopic (exact) mass is 288 g/mol. The molecule has 0 aromatic rings. The predicted octanol–water partition coefficient (Wildman–Crippen LogP) is 2.10. The first-order valence-electron chi connectivity index (χ1n) is 0.925. The molecule has 0 amide bonds. The summed E-state index contributed by atoms with van der Waals surface area (Å²) < 4.78 is 1.93. The van der Waals surface area contributed by atoms with Crippen molar-refractivity contribution in [3.05, 3.63) is 0 Å². The molecule has 6 heteroatoms. The molecule has 0 spiro atoms. The number of hydrogen-bond donors (Lipinski definition) is 0. The van der Waals surface area contributed by atoms with E-state index in [1.54, 1.807) is 0 Å². The molecular weight excluding hydrogens is 289 g/mol. The van der Waals surface area contributed by atoms with Gasteiger partial charge in [0.2, 0.25) is 0 Å². The third kappa shape index (κ3) is 11.5. The van der Waals surface area contributed by atoms with E-state index in [0.717, 1.165) is 0 Å². The van der Waals surface area contributed by atoms with E-state index in [1.807, 2.05) is 0 Å². The number of alkyl halides is 3. The Balaban J connectivity index is 0. The molecule has 0 bridgehead atoms. The summed E-state index contributed by atoms with van der Waals surface area (Å²) in [5.74, 6) is 0. The molecule has 0 aliphatic carbocycles. The molecule has 0 atom stereocenters. The van der Waals surface area contributed by atoms with Crippen molar-refractivity contribution in [3.8, 4) is 0 Å². The molecule has 0 aromatic carbocycles. The Morgan fingerprint density at radius 2 is 1.29 bits per heavy atom. The van der Waals surface area contributed by atoms with Crippen LogP contribution in [0.5, 0.6) is 0 Å². The minimum Gasteiger partial charge on any atom is -0.224 e. The van der Waals surface area contributed by atoms with E-state index >= 15 is 0 Å². The van der Waals surface area contributed by atoms with Gasteiger partial charge in [-0.05, 0) is 0 Å². The molecule has 0 heterocycles. The molecule has 1 nitrogen and oxygen atoms in total. The van der Waals surface area contributed by atoms with Crippen LogP contribution in [0, 0.1) is 0 Å². The Kier molecular flexibility index (Phi) is 7.95. The Hall–Kier alpha value is 1.92. The molecule has 42 valence electrons. The maximum atomic E-state index is 4.89. The Morgan fingerprint density at radius 3 is 1.29 bits per heavy atom. The summed E-state index contributed by atoms with van der Waals surface area (Å²) >= 11 is 19.3. The smallest absolute Gasteiger partial charge is 0.224 e. The van der Waals surface area contributed by atoms with Crippen molar-refractivity contribution in [2.75, 3.05) is 0 Å². The average Bonchev–Trinajstić information content (AvgIpc) is 1.35. The van der Waals surface area contributed by atoms with Crippen LogP contribution in [0.25, 0.3) is 0 Å². The van der Waals surface area contributed by atoms with Crippen molar-refractivity contribution in [1.29, 1.82) is 0 Å². The fraction of sp³-hybridized carbons (Fsp3) is 1.00. The van der Waals surface area contributed by atoms with Crippen molar-refractivity contribution >= 4 is 70.6 Å². The van der Waals surface area contributed by atoms with Crippen LogP contribution in [-0.2, 0) is 4.29 Å². The second-order valence-corrected chi connectivity index (χ2v) is 2.85. The van der Waals surface area contributed by atoms with E-state index in [2.05, 4.69) is 16.2 Å². The molecule has 0 rings (SSSR count). The predicted molar refractivity (Wildman–Crippen MR) is 33.0 cm³/mol. The van der Waals surface area contributed by atoms with Gasteiger partial charge in [-0.15, -0.1) is 0 Å². The van der Waals surface area contributed by atoms with Crippen LogP contribution in [-0.4, -0.2) is 27.9 Å². The molecule has 0 aliphatic heterocycles. The number of rotatable bonds is 0. The number of hydrogen-bond acceptors (Lipinski definition) is 1. The van der Waals surface area contributed by atoms with Gasteiger partial charge >= 0.3 is 3.98 Å². The maximum Gasteiger partial charge on any atom is 0.313 e. The van der Waals surface area contributed by atoms with Crippen LogP contribution in [0.1, 0.15) is 0 Å². The van der Waals surface area contributed by atoms with E-state index in [1.165, 1.54) is 0 Å². The quantitative estimate of drug-likeness (QED) is 0.490. The Morgan fingerprint density at radius 1 is 1.14 bits per heavy atom. The van der Waals surface area contributed by atoms with Crippen LogP contribution in [0.3, 0.4) is 0 Å². The van der Waals surface area contributed by atoms with Gasteiger partial charge in [0.25, 0.3) is 0 Å². The van der Waals surface area contributed by atoms with E-state index < -0.39 is 3.98 Å². The zero-order chi connectivity index (χ0) is 5.21. The third-order valence-corrected chi connectivity index (χ3v) is 0.787. The summed E-state index contributed by atoms with van der Waals surface area (Å²) in [6.45, 7) is 0. The SMILES string of the molecule is ClOC(Cl)(Cl)Cl.[Sn]. The third-order valence-electron chi connectivity index (χ3n) is 0.0875. The van der Waals surface area contributed by atoms with E-state index in [4.69, 9.17) is 34.8 Å². The average molecular weight is 289 g/mol. The molecule has 0 N–H and O–H groups in total. The van der Waals surface area contributed by atoms with Crippen LogP contribution < -0.4 is 0 Å². The van der Waals surface area contributed by atoms with Crippen molar-refractivity contribution in [1.82, 2.24) is 0 Å². The molecule has 4 radical (unpaired) electrons. The van der Waals surface area contributed by atoms with Gasteiger partial charge in [0.15, 0.2) is 0 Å². The zero-order valence-electron chi connectivity index (χ0n) is 2.92. The van der Waals surface area contributed by atoms with E-state index in [9.17, 15) is 0 Å². The zero-order valence-corrected chi connectivity index (χ0v) is 8.80. The standard InChI is InChI=1S/CCl4O.Sn/c2-1(3,4)6-5;. The first-order chi connectivity index (χ1) is 2.56.